The van der Waals surface area contributed by atoms with Gasteiger partial charge in [0.2, 0.25) is 0 Å². The number of hydrogen-bond acceptors (Lipinski definition) is 5. The molecule has 1 aromatic rings. The van der Waals surface area contributed by atoms with Crippen LogP contribution in [0, 0.1) is 17.3 Å². The maximum Gasteiger partial charge on any atom is 0.434 e. The highest BCUT2D eigenvalue weighted by Crippen LogP contribution is 2.56. The van der Waals surface area contributed by atoms with Crippen LogP contribution in [-0.2, 0) is 10.9 Å². The van der Waals surface area contributed by atoms with Gasteiger partial charge in [-0.3, -0.25) is 4.79 Å². The zero-order valence-corrected chi connectivity index (χ0v) is 19.9. The van der Waals surface area contributed by atoms with Crippen molar-refractivity contribution in [2.45, 2.75) is 70.6 Å². The van der Waals surface area contributed by atoms with Crippen molar-refractivity contribution in [3.05, 3.63) is 23.5 Å². The second-order valence-electron chi connectivity index (χ2n) is 10.0. The number of alkyl carbamates (subject to hydrolysis) is 1. The van der Waals surface area contributed by atoms with Crippen LogP contribution in [0.15, 0.2) is 12.3 Å². The predicted octanol–water partition coefficient (Wildman–Crippen LogP) is 3.81. The fraction of sp³-hybridized carbons (Fsp3) is 0.696. The van der Waals surface area contributed by atoms with E-state index in [0.717, 1.165) is 38.1 Å². The molecule has 11 heteroatoms. The molecule has 190 valence electrons. The minimum Gasteiger partial charge on any atom is -0.453 e. The lowest BCUT2D eigenvalue weighted by Gasteiger charge is -2.57. The Morgan fingerprint density at radius 1 is 1.35 bits per heavy atom. The molecule has 34 heavy (non-hydrogen) atoms. The van der Waals surface area contributed by atoms with E-state index in [0.29, 0.717) is 11.1 Å². The topological polar surface area (TPSA) is 105 Å². The van der Waals surface area contributed by atoms with Crippen LogP contribution in [-0.4, -0.2) is 52.2 Å². The van der Waals surface area contributed by atoms with Gasteiger partial charge in [0.25, 0.3) is 5.91 Å². The zero-order valence-electron chi connectivity index (χ0n) is 19.9. The number of hydrogen-bond donors (Lipinski definition) is 3. The summed E-state index contributed by atoms with van der Waals surface area (Å²) in [5, 5.41) is 18.9. The molecule has 8 nitrogen and oxygen atoms in total. The van der Waals surface area contributed by atoms with Gasteiger partial charge >= 0.3 is 12.3 Å². The fourth-order valence-corrected chi connectivity index (χ4v) is 5.25. The Hall–Kier alpha value is -2.56. The number of carbonyl (C=O) groups is 2. The molecule has 2 unspecified atom stereocenters. The van der Waals surface area contributed by atoms with Gasteiger partial charge in [0.1, 0.15) is 0 Å². The first-order valence-electron chi connectivity index (χ1n) is 11.5. The summed E-state index contributed by atoms with van der Waals surface area (Å²) in [5.41, 5.74) is -2.92. The molecule has 1 aromatic heterocycles. The number of nitrogens with zero attached hydrogens (tertiary/aromatic N) is 2. The lowest BCUT2D eigenvalue weighted by atomic mass is 9.49. The number of amides is 2. The Kier molecular flexibility index (Phi) is 7.35. The average Bonchev–Trinajstić information content (AvgIpc) is 3.18. The highest BCUT2D eigenvalue weighted by Gasteiger charge is 2.54. The normalized spacial score (nSPS) is 27.5. The number of rotatable bonds is 6. The third-order valence-corrected chi connectivity index (χ3v) is 7.39. The molecule has 3 fully saturated rings. The maximum atomic E-state index is 13.9. The summed E-state index contributed by atoms with van der Waals surface area (Å²) >= 11 is 0. The molecular weight excluding hydrogens is 453 g/mol. The number of aliphatic hydroxyl groups excluding tert-OH is 1. The number of alkyl halides is 3. The third-order valence-electron chi connectivity index (χ3n) is 7.39. The molecule has 2 amide bonds. The van der Waals surface area contributed by atoms with E-state index in [-0.39, 0.29) is 29.9 Å². The summed E-state index contributed by atoms with van der Waals surface area (Å²) in [5.74, 6) is -0.524. The van der Waals surface area contributed by atoms with Gasteiger partial charge in [0.15, 0.2) is 5.69 Å². The van der Waals surface area contributed by atoms with Crippen molar-refractivity contribution in [1.82, 2.24) is 20.4 Å². The van der Waals surface area contributed by atoms with Gasteiger partial charge < -0.3 is 20.5 Å². The maximum absolute atomic E-state index is 13.9. The van der Waals surface area contributed by atoms with Gasteiger partial charge in [-0.1, -0.05) is 19.8 Å². The van der Waals surface area contributed by atoms with Crippen molar-refractivity contribution in [3.8, 4) is 0 Å². The first-order chi connectivity index (χ1) is 15.8. The monoisotopic (exact) mass is 486 g/mol. The summed E-state index contributed by atoms with van der Waals surface area (Å²) in [6.07, 6.45) is 1.86. The van der Waals surface area contributed by atoms with Crippen LogP contribution in [0.1, 0.15) is 68.9 Å². The molecule has 0 aliphatic heterocycles. The molecule has 4 rings (SSSR count). The highest BCUT2D eigenvalue weighted by atomic mass is 19.4. The molecule has 1 heterocycles. The Labute approximate surface area is 196 Å². The van der Waals surface area contributed by atoms with Crippen LogP contribution in [0.4, 0.5) is 18.0 Å². The van der Waals surface area contributed by atoms with Crippen molar-refractivity contribution in [2.24, 2.45) is 17.3 Å². The van der Waals surface area contributed by atoms with Gasteiger partial charge in [0, 0.05) is 18.8 Å². The number of fused-ring (bicyclic) bond motifs is 4. The van der Waals surface area contributed by atoms with Crippen molar-refractivity contribution in [2.75, 3.05) is 13.7 Å². The van der Waals surface area contributed by atoms with E-state index in [4.69, 9.17) is 0 Å². The molecule has 3 N–H and O–H groups in total. The minimum absolute atomic E-state index is 0.0871. The highest BCUT2D eigenvalue weighted by molar-refractivity contribution is 5.95. The number of methoxy groups -OCH3 is 1. The SMILES string of the molecule is COC(=O)NC(C)(C)/C=C/n1ncc(C(=O)N[C@@H]2CCCC[C@@]3(CO)CC2C3C)c1C(F)(F)F. The number of ether oxygens (including phenoxy) is 1. The lowest BCUT2D eigenvalue weighted by molar-refractivity contribution is -0.142. The van der Waals surface area contributed by atoms with E-state index in [1.165, 1.54) is 13.2 Å². The Balaban J connectivity index is 1.82. The second-order valence-corrected chi connectivity index (χ2v) is 10.0. The van der Waals surface area contributed by atoms with Crippen molar-refractivity contribution >= 4 is 18.2 Å². The Bertz CT molecular complexity index is 943. The number of nitrogens with one attached hydrogen (secondary N) is 2. The van der Waals surface area contributed by atoms with E-state index in [1.807, 2.05) is 6.92 Å². The average molecular weight is 487 g/mol. The van der Waals surface area contributed by atoms with Crippen LogP contribution in [0.3, 0.4) is 0 Å². The molecule has 3 aliphatic carbocycles. The Morgan fingerprint density at radius 2 is 2.06 bits per heavy atom. The predicted molar refractivity (Wildman–Crippen MR) is 119 cm³/mol. The third kappa shape index (κ3) is 5.24. The van der Waals surface area contributed by atoms with E-state index < -0.39 is 35.0 Å². The summed E-state index contributed by atoms with van der Waals surface area (Å²) in [6, 6.07) is -0.259. The number of carbonyl (C=O) groups excluding carboxylic acids is 2. The molecule has 0 saturated heterocycles. The molecular formula is C23H33F3N4O4. The largest absolute Gasteiger partial charge is 0.453 e. The molecule has 4 atom stereocenters. The van der Waals surface area contributed by atoms with E-state index >= 15 is 0 Å². The van der Waals surface area contributed by atoms with Gasteiger partial charge in [-0.15, -0.1) is 0 Å². The van der Waals surface area contributed by atoms with Crippen LogP contribution in [0.2, 0.25) is 0 Å². The van der Waals surface area contributed by atoms with Crippen LogP contribution in [0.25, 0.3) is 6.20 Å². The van der Waals surface area contributed by atoms with Crippen molar-refractivity contribution in [1.29, 1.82) is 0 Å². The molecule has 0 aromatic carbocycles. The quantitative estimate of drug-likeness (QED) is 0.567. The zero-order chi connectivity index (χ0) is 25.3. The van der Waals surface area contributed by atoms with Crippen LogP contribution >= 0.6 is 0 Å². The van der Waals surface area contributed by atoms with Gasteiger partial charge in [-0.25, -0.2) is 9.48 Å². The first-order valence-corrected chi connectivity index (χ1v) is 11.5. The van der Waals surface area contributed by atoms with E-state index in [2.05, 4.69) is 20.5 Å². The van der Waals surface area contributed by atoms with Crippen LogP contribution < -0.4 is 10.6 Å². The minimum atomic E-state index is -4.83. The molecule has 0 spiro atoms. The first kappa shape index (κ1) is 26.1. The number of aliphatic hydroxyl groups is 1. The molecule has 0 radical (unpaired) electrons. The number of aromatic nitrogens is 2. The number of halogens is 3. The lowest BCUT2D eigenvalue weighted by Crippen LogP contribution is -2.58. The van der Waals surface area contributed by atoms with Gasteiger partial charge in [-0.2, -0.15) is 18.3 Å². The molecule has 2 bridgehead atoms. The molecule has 3 saturated carbocycles. The smallest absolute Gasteiger partial charge is 0.434 e. The van der Waals surface area contributed by atoms with E-state index in [9.17, 15) is 27.9 Å². The summed E-state index contributed by atoms with van der Waals surface area (Å²) in [6.45, 7) is 5.28. The fourth-order valence-electron chi connectivity index (χ4n) is 5.25. The second kappa shape index (κ2) is 9.59. The van der Waals surface area contributed by atoms with E-state index in [1.54, 1.807) is 13.8 Å². The van der Waals surface area contributed by atoms with Crippen molar-refractivity contribution in [3.63, 3.8) is 0 Å². The van der Waals surface area contributed by atoms with Crippen molar-refractivity contribution < 1.29 is 32.6 Å². The van der Waals surface area contributed by atoms with Crippen LogP contribution in [0.5, 0.6) is 0 Å². The summed E-state index contributed by atoms with van der Waals surface area (Å²) < 4.78 is 46.9. The Morgan fingerprint density at radius 3 is 2.65 bits per heavy atom. The summed E-state index contributed by atoms with van der Waals surface area (Å²) in [4.78, 5) is 24.4. The molecule has 3 aliphatic rings. The summed E-state index contributed by atoms with van der Waals surface area (Å²) in [7, 11) is 1.18. The van der Waals surface area contributed by atoms with Gasteiger partial charge in [0.05, 0.1) is 24.4 Å². The standard InChI is InChI=1S/C23H33F3N4O4/c1-14-15-11-22(14,13-31)8-6-5-7-17(15)28-19(32)16-12-27-30(18(16)23(24,25)26)10-9-21(2,3)29-20(33)34-4/h9-10,12,14-15,17,31H,5-8,11,13H2,1-4H3,(H,28,32)(H,29,33)/b10-9+/t14?,15?,17-,22+/m1/s1. The van der Waals surface area contributed by atoms with Gasteiger partial charge in [-0.05, 0) is 56.4 Å².